The molecule has 0 aliphatic heterocycles. The van der Waals surface area contributed by atoms with Crippen LogP contribution >= 0.6 is 0 Å². The van der Waals surface area contributed by atoms with Crippen LogP contribution in [0.25, 0.3) is 10.9 Å². The van der Waals surface area contributed by atoms with Crippen LogP contribution in [-0.4, -0.2) is 16.2 Å². The molecule has 0 fully saturated rings. The molecule has 0 atom stereocenters. The molecule has 5 nitrogen and oxygen atoms in total. The number of H-pyrrole nitrogens is 1. The van der Waals surface area contributed by atoms with E-state index in [-0.39, 0.29) is 5.69 Å². The molecule has 2 rings (SSSR count). The Morgan fingerprint density at radius 3 is 2.79 bits per heavy atom. The molecule has 1 aromatic heterocycles. The lowest BCUT2D eigenvalue weighted by Gasteiger charge is -1.90. The van der Waals surface area contributed by atoms with Crippen LogP contribution in [0, 0.1) is 10.1 Å². The van der Waals surface area contributed by atoms with Gasteiger partial charge >= 0.3 is 0 Å². The number of aldehydes is 1. The Morgan fingerprint density at radius 2 is 2.14 bits per heavy atom. The Hall–Kier alpha value is -2.17. The Balaban J connectivity index is 2.65. The highest BCUT2D eigenvalue weighted by molar-refractivity contribution is 5.88. The summed E-state index contributed by atoms with van der Waals surface area (Å²) in [6.07, 6.45) is 0.672. The average molecular weight is 190 g/mol. The van der Waals surface area contributed by atoms with Gasteiger partial charge in [-0.25, -0.2) is 0 Å². The molecule has 1 heterocycles. The van der Waals surface area contributed by atoms with Gasteiger partial charge in [0, 0.05) is 17.5 Å². The predicted molar refractivity (Wildman–Crippen MR) is 50.3 cm³/mol. The topological polar surface area (TPSA) is 76.0 Å². The molecule has 0 saturated carbocycles. The van der Waals surface area contributed by atoms with Crippen molar-refractivity contribution in [3.8, 4) is 0 Å². The Bertz CT molecular complexity index is 516. The number of hydrogen-bond donors (Lipinski definition) is 1. The lowest BCUT2D eigenvalue weighted by atomic mass is 10.2. The number of fused-ring (bicyclic) bond motifs is 1. The van der Waals surface area contributed by atoms with E-state index in [9.17, 15) is 14.9 Å². The minimum Gasteiger partial charge on any atom is -0.352 e. The number of rotatable bonds is 2. The third kappa shape index (κ3) is 1.24. The van der Waals surface area contributed by atoms with E-state index in [0.717, 1.165) is 5.39 Å². The fourth-order valence-electron chi connectivity index (χ4n) is 1.31. The van der Waals surface area contributed by atoms with Crippen LogP contribution < -0.4 is 0 Å². The average Bonchev–Trinajstić information content (AvgIpc) is 2.58. The molecule has 1 aromatic carbocycles. The minimum absolute atomic E-state index is 0.0109. The third-order valence-corrected chi connectivity index (χ3v) is 1.96. The fraction of sp³-hybridized carbons (Fsp3) is 0. The molecule has 0 radical (unpaired) electrons. The van der Waals surface area contributed by atoms with Gasteiger partial charge in [-0.15, -0.1) is 0 Å². The van der Waals surface area contributed by atoms with Crippen molar-refractivity contribution in [3.63, 3.8) is 0 Å². The number of carbonyl (C=O) groups is 1. The molecule has 70 valence electrons. The number of nitrogens with zero attached hydrogens (tertiary/aromatic N) is 1. The zero-order valence-electron chi connectivity index (χ0n) is 7.06. The van der Waals surface area contributed by atoms with Gasteiger partial charge < -0.3 is 4.98 Å². The van der Waals surface area contributed by atoms with Gasteiger partial charge in [0.05, 0.1) is 16.1 Å². The van der Waals surface area contributed by atoms with E-state index in [1.54, 1.807) is 12.1 Å². The van der Waals surface area contributed by atoms with Crippen LogP contribution in [0.4, 0.5) is 5.69 Å². The number of aromatic amines is 1. The molecular weight excluding hydrogens is 184 g/mol. The van der Waals surface area contributed by atoms with Gasteiger partial charge in [-0.05, 0) is 12.1 Å². The van der Waals surface area contributed by atoms with Gasteiger partial charge in [-0.2, -0.15) is 0 Å². The van der Waals surface area contributed by atoms with Gasteiger partial charge in [0.2, 0.25) is 0 Å². The van der Waals surface area contributed by atoms with E-state index in [2.05, 4.69) is 4.98 Å². The lowest BCUT2D eigenvalue weighted by Crippen LogP contribution is -1.86. The fourth-order valence-corrected chi connectivity index (χ4v) is 1.31. The number of hydrogen-bond acceptors (Lipinski definition) is 3. The monoisotopic (exact) mass is 190 g/mol. The molecule has 2 aromatic rings. The predicted octanol–water partition coefficient (Wildman–Crippen LogP) is 1.89. The van der Waals surface area contributed by atoms with Crippen LogP contribution in [0.5, 0.6) is 0 Å². The quantitative estimate of drug-likeness (QED) is 0.446. The van der Waals surface area contributed by atoms with E-state index < -0.39 is 4.92 Å². The first kappa shape index (κ1) is 8.43. The van der Waals surface area contributed by atoms with Crippen molar-refractivity contribution in [1.29, 1.82) is 0 Å². The Labute approximate surface area is 78.5 Å². The van der Waals surface area contributed by atoms with Crippen LogP contribution in [0.15, 0.2) is 24.3 Å². The lowest BCUT2D eigenvalue weighted by molar-refractivity contribution is -0.384. The standard InChI is InChI=1S/C9H6N2O3/c12-5-7-3-6-1-2-8(11(13)14)4-9(6)10-7/h1-5,10H. The van der Waals surface area contributed by atoms with Crippen molar-refractivity contribution in [3.05, 3.63) is 40.1 Å². The van der Waals surface area contributed by atoms with Gasteiger partial charge in [-0.3, -0.25) is 14.9 Å². The van der Waals surface area contributed by atoms with Crippen LogP contribution in [0.2, 0.25) is 0 Å². The first-order chi connectivity index (χ1) is 6.70. The van der Waals surface area contributed by atoms with Crippen molar-refractivity contribution in [2.75, 3.05) is 0 Å². The van der Waals surface area contributed by atoms with E-state index in [4.69, 9.17) is 0 Å². The third-order valence-electron chi connectivity index (χ3n) is 1.96. The van der Waals surface area contributed by atoms with Gasteiger partial charge in [0.25, 0.3) is 5.69 Å². The van der Waals surface area contributed by atoms with Crippen LogP contribution in [0.3, 0.4) is 0 Å². The summed E-state index contributed by atoms with van der Waals surface area (Å²) in [5.74, 6) is 0. The summed E-state index contributed by atoms with van der Waals surface area (Å²) in [6.45, 7) is 0. The van der Waals surface area contributed by atoms with Crippen LogP contribution in [-0.2, 0) is 0 Å². The second kappa shape index (κ2) is 2.95. The summed E-state index contributed by atoms with van der Waals surface area (Å²) >= 11 is 0. The molecule has 0 amide bonds. The normalized spacial score (nSPS) is 10.3. The van der Waals surface area contributed by atoms with Crippen molar-refractivity contribution >= 4 is 22.9 Å². The summed E-state index contributed by atoms with van der Waals surface area (Å²) in [4.78, 5) is 23.2. The van der Waals surface area contributed by atoms with E-state index in [1.165, 1.54) is 12.1 Å². The number of aromatic nitrogens is 1. The molecule has 0 bridgehead atoms. The Kier molecular flexibility index (Phi) is 1.78. The second-order valence-electron chi connectivity index (χ2n) is 2.87. The number of carbonyl (C=O) groups excluding carboxylic acids is 1. The van der Waals surface area contributed by atoms with Crippen molar-refractivity contribution in [1.82, 2.24) is 4.98 Å². The summed E-state index contributed by atoms with van der Waals surface area (Å²) in [5.41, 5.74) is 1.03. The highest BCUT2D eigenvalue weighted by Gasteiger charge is 2.07. The zero-order valence-corrected chi connectivity index (χ0v) is 7.06. The smallest absolute Gasteiger partial charge is 0.271 e. The Morgan fingerprint density at radius 1 is 1.36 bits per heavy atom. The van der Waals surface area contributed by atoms with Gasteiger partial charge in [0.1, 0.15) is 0 Å². The van der Waals surface area contributed by atoms with E-state index in [1.807, 2.05) is 0 Å². The molecule has 0 unspecified atom stereocenters. The largest absolute Gasteiger partial charge is 0.352 e. The van der Waals surface area contributed by atoms with Crippen molar-refractivity contribution < 1.29 is 9.72 Å². The zero-order chi connectivity index (χ0) is 10.1. The molecule has 5 heteroatoms. The number of nitro groups is 1. The molecule has 0 spiro atoms. The molecular formula is C9H6N2O3. The summed E-state index contributed by atoms with van der Waals surface area (Å²) < 4.78 is 0. The summed E-state index contributed by atoms with van der Waals surface area (Å²) in [5, 5.41) is 11.2. The molecule has 14 heavy (non-hydrogen) atoms. The number of nitrogens with one attached hydrogen (secondary N) is 1. The molecule has 0 saturated heterocycles. The van der Waals surface area contributed by atoms with Gasteiger partial charge in [-0.1, -0.05) is 0 Å². The number of non-ortho nitro benzene ring substituents is 1. The van der Waals surface area contributed by atoms with E-state index in [0.29, 0.717) is 17.5 Å². The summed E-state index contributed by atoms with van der Waals surface area (Å²) in [6, 6.07) is 6.07. The summed E-state index contributed by atoms with van der Waals surface area (Å²) in [7, 11) is 0. The first-order valence-electron chi connectivity index (χ1n) is 3.93. The first-order valence-corrected chi connectivity index (χ1v) is 3.93. The highest BCUT2D eigenvalue weighted by Crippen LogP contribution is 2.20. The van der Waals surface area contributed by atoms with Crippen molar-refractivity contribution in [2.24, 2.45) is 0 Å². The minimum atomic E-state index is -0.471. The molecule has 0 aliphatic rings. The van der Waals surface area contributed by atoms with E-state index >= 15 is 0 Å². The van der Waals surface area contributed by atoms with Crippen molar-refractivity contribution in [2.45, 2.75) is 0 Å². The molecule has 0 aliphatic carbocycles. The van der Waals surface area contributed by atoms with Gasteiger partial charge in [0.15, 0.2) is 6.29 Å². The molecule has 1 N–H and O–H groups in total. The SMILES string of the molecule is O=Cc1cc2ccc([N+](=O)[O-])cc2[nH]1. The second-order valence-corrected chi connectivity index (χ2v) is 2.87. The van der Waals surface area contributed by atoms with Crippen LogP contribution in [0.1, 0.15) is 10.5 Å². The maximum Gasteiger partial charge on any atom is 0.271 e. The number of benzene rings is 1. The maximum absolute atomic E-state index is 10.4. The maximum atomic E-state index is 10.4. The highest BCUT2D eigenvalue weighted by atomic mass is 16.6. The number of nitro benzene ring substituents is 1.